The molecule has 0 saturated heterocycles. The van der Waals surface area contributed by atoms with E-state index in [1.807, 2.05) is 0 Å². The van der Waals surface area contributed by atoms with Crippen LogP contribution in [0.25, 0.3) is 10.9 Å². The minimum atomic E-state index is -0.520. The van der Waals surface area contributed by atoms with E-state index in [9.17, 15) is 10.1 Å². The summed E-state index contributed by atoms with van der Waals surface area (Å²) < 4.78 is 5.06. The van der Waals surface area contributed by atoms with E-state index in [4.69, 9.17) is 16.3 Å². The van der Waals surface area contributed by atoms with Crippen LogP contribution in [-0.4, -0.2) is 17.0 Å². The largest absolute Gasteiger partial charge is 0.497 e. The number of pyridine rings is 1. The summed E-state index contributed by atoms with van der Waals surface area (Å²) in [6.07, 6.45) is 0. The summed E-state index contributed by atoms with van der Waals surface area (Å²) in [6, 6.07) is 5.04. The maximum Gasteiger partial charge on any atom is 0.309 e. The van der Waals surface area contributed by atoms with Gasteiger partial charge in [-0.1, -0.05) is 11.6 Å². The second kappa shape index (κ2) is 4.18. The van der Waals surface area contributed by atoms with Crippen LogP contribution in [-0.2, 0) is 0 Å². The number of nitrogens with zero attached hydrogens (tertiary/aromatic N) is 2. The molecule has 0 bridgehead atoms. The Morgan fingerprint density at radius 3 is 2.76 bits per heavy atom. The SMILES string of the molecule is COc1ccc2c(Cl)c([N+](=O)[O-])c(C)nc2c1. The Morgan fingerprint density at radius 1 is 1.47 bits per heavy atom. The molecule has 1 aromatic carbocycles. The summed E-state index contributed by atoms with van der Waals surface area (Å²) in [7, 11) is 1.54. The molecule has 0 N–H and O–H groups in total. The van der Waals surface area contributed by atoms with Crippen LogP contribution in [0.4, 0.5) is 5.69 Å². The molecule has 6 heteroatoms. The maximum atomic E-state index is 10.9. The fraction of sp³-hybridized carbons (Fsp3) is 0.182. The average Bonchev–Trinajstić information content (AvgIpc) is 2.27. The quantitative estimate of drug-likeness (QED) is 0.608. The van der Waals surface area contributed by atoms with Crippen molar-refractivity contribution in [1.82, 2.24) is 4.98 Å². The molecule has 2 aromatic rings. The van der Waals surface area contributed by atoms with Crippen molar-refractivity contribution in [3.05, 3.63) is 39.0 Å². The van der Waals surface area contributed by atoms with Crippen molar-refractivity contribution in [2.24, 2.45) is 0 Å². The Kier molecular flexibility index (Phi) is 2.85. The highest BCUT2D eigenvalue weighted by Crippen LogP contribution is 2.34. The first-order valence-electron chi connectivity index (χ1n) is 4.83. The van der Waals surface area contributed by atoms with Crippen molar-refractivity contribution in [3.63, 3.8) is 0 Å². The van der Waals surface area contributed by atoms with Crippen molar-refractivity contribution < 1.29 is 9.66 Å². The fourth-order valence-electron chi connectivity index (χ4n) is 1.65. The average molecular weight is 253 g/mol. The van der Waals surface area contributed by atoms with Gasteiger partial charge in [0.25, 0.3) is 0 Å². The van der Waals surface area contributed by atoms with E-state index in [-0.39, 0.29) is 10.7 Å². The van der Waals surface area contributed by atoms with E-state index in [0.717, 1.165) is 0 Å². The van der Waals surface area contributed by atoms with Gasteiger partial charge in [-0.3, -0.25) is 10.1 Å². The summed E-state index contributed by atoms with van der Waals surface area (Å²) in [4.78, 5) is 14.5. The smallest absolute Gasteiger partial charge is 0.309 e. The van der Waals surface area contributed by atoms with Gasteiger partial charge >= 0.3 is 5.69 Å². The van der Waals surface area contributed by atoms with Gasteiger partial charge in [-0.25, -0.2) is 4.98 Å². The first-order chi connectivity index (χ1) is 8.04. The molecule has 17 heavy (non-hydrogen) atoms. The van der Waals surface area contributed by atoms with E-state index >= 15 is 0 Å². The topological polar surface area (TPSA) is 65.3 Å². The highest BCUT2D eigenvalue weighted by atomic mass is 35.5. The predicted octanol–water partition coefficient (Wildman–Crippen LogP) is 3.11. The van der Waals surface area contributed by atoms with Crippen molar-refractivity contribution in [2.45, 2.75) is 6.92 Å². The second-order valence-corrected chi connectivity index (χ2v) is 3.88. The third-order valence-electron chi connectivity index (χ3n) is 2.46. The van der Waals surface area contributed by atoms with E-state index in [1.54, 1.807) is 32.2 Å². The molecule has 0 aliphatic heterocycles. The Hall–Kier alpha value is -1.88. The fourth-order valence-corrected chi connectivity index (χ4v) is 2.01. The predicted molar refractivity (Wildman–Crippen MR) is 64.7 cm³/mol. The minimum absolute atomic E-state index is 0.111. The Morgan fingerprint density at radius 2 is 2.18 bits per heavy atom. The van der Waals surface area contributed by atoms with Gasteiger partial charge in [0.1, 0.15) is 16.5 Å². The summed E-state index contributed by atoms with van der Waals surface area (Å²) in [6.45, 7) is 1.56. The van der Waals surface area contributed by atoms with Crippen LogP contribution >= 0.6 is 11.6 Å². The molecule has 0 fully saturated rings. The van der Waals surface area contributed by atoms with E-state index in [2.05, 4.69) is 4.98 Å². The zero-order valence-electron chi connectivity index (χ0n) is 9.23. The molecular weight excluding hydrogens is 244 g/mol. The van der Waals surface area contributed by atoms with Crippen molar-refractivity contribution in [2.75, 3.05) is 7.11 Å². The van der Waals surface area contributed by atoms with Crippen LogP contribution in [0.2, 0.25) is 5.02 Å². The van der Waals surface area contributed by atoms with Gasteiger partial charge in [-0.2, -0.15) is 0 Å². The van der Waals surface area contributed by atoms with E-state index < -0.39 is 4.92 Å². The highest BCUT2D eigenvalue weighted by Gasteiger charge is 2.20. The number of benzene rings is 1. The number of nitro groups is 1. The molecule has 0 radical (unpaired) electrons. The lowest BCUT2D eigenvalue weighted by molar-refractivity contribution is -0.385. The van der Waals surface area contributed by atoms with Gasteiger partial charge in [0.15, 0.2) is 0 Å². The lowest BCUT2D eigenvalue weighted by atomic mass is 10.1. The Balaban J connectivity index is 2.81. The molecular formula is C11H9ClN2O3. The Bertz CT molecular complexity index is 613. The monoisotopic (exact) mass is 252 g/mol. The van der Waals surface area contributed by atoms with Gasteiger partial charge in [-0.15, -0.1) is 0 Å². The molecule has 0 unspecified atom stereocenters. The standard InChI is InChI=1S/C11H9ClN2O3/c1-6-11(14(15)16)10(12)8-4-3-7(17-2)5-9(8)13-6/h3-5H,1-2H3. The second-order valence-electron chi connectivity index (χ2n) is 3.50. The number of fused-ring (bicyclic) bond motifs is 1. The summed E-state index contributed by atoms with van der Waals surface area (Å²) in [5.41, 5.74) is 0.725. The van der Waals surface area contributed by atoms with Gasteiger partial charge in [0, 0.05) is 11.5 Å². The summed E-state index contributed by atoms with van der Waals surface area (Å²) in [5, 5.41) is 11.5. The van der Waals surface area contributed by atoms with Crippen molar-refractivity contribution >= 4 is 28.2 Å². The minimum Gasteiger partial charge on any atom is -0.497 e. The lowest BCUT2D eigenvalue weighted by Crippen LogP contribution is -1.97. The molecule has 0 aliphatic carbocycles. The number of aryl methyl sites for hydroxylation is 1. The molecule has 0 amide bonds. The Labute approximate surface area is 102 Å². The van der Waals surface area contributed by atoms with Crippen LogP contribution < -0.4 is 4.74 Å². The number of methoxy groups -OCH3 is 1. The molecule has 0 spiro atoms. The highest BCUT2D eigenvalue weighted by molar-refractivity contribution is 6.37. The van der Waals surface area contributed by atoms with Gasteiger partial charge < -0.3 is 4.74 Å². The third-order valence-corrected chi connectivity index (χ3v) is 2.85. The zero-order chi connectivity index (χ0) is 12.6. The molecule has 0 saturated carbocycles. The molecule has 0 aliphatic rings. The number of rotatable bonds is 2. The summed E-state index contributed by atoms with van der Waals surface area (Å²) >= 11 is 6.01. The van der Waals surface area contributed by atoms with E-state index in [1.165, 1.54) is 0 Å². The molecule has 5 nitrogen and oxygen atoms in total. The zero-order valence-corrected chi connectivity index (χ0v) is 9.99. The lowest BCUT2D eigenvalue weighted by Gasteiger charge is -2.06. The molecule has 88 valence electrons. The van der Waals surface area contributed by atoms with Crippen LogP contribution in [0.5, 0.6) is 5.75 Å². The number of aromatic nitrogens is 1. The van der Waals surface area contributed by atoms with Crippen molar-refractivity contribution in [3.8, 4) is 5.75 Å². The van der Waals surface area contributed by atoms with Crippen LogP contribution in [0, 0.1) is 17.0 Å². The van der Waals surface area contributed by atoms with Crippen molar-refractivity contribution in [1.29, 1.82) is 0 Å². The molecule has 1 aromatic heterocycles. The molecule has 0 atom stereocenters. The summed E-state index contributed by atoms with van der Waals surface area (Å²) in [5.74, 6) is 0.634. The molecule has 1 heterocycles. The number of hydrogen-bond acceptors (Lipinski definition) is 4. The first kappa shape index (κ1) is 11.6. The van der Waals surface area contributed by atoms with E-state index in [0.29, 0.717) is 22.3 Å². The number of halogens is 1. The van der Waals surface area contributed by atoms with Gasteiger partial charge in [0.05, 0.1) is 17.5 Å². The maximum absolute atomic E-state index is 10.9. The van der Waals surface area contributed by atoms with Crippen LogP contribution in [0.15, 0.2) is 18.2 Å². The first-order valence-corrected chi connectivity index (χ1v) is 5.20. The van der Waals surface area contributed by atoms with Gasteiger partial charge in [-0.05, 0) is 19.1 Å². The normalized spacial score (nSPS) is 10.5. The van der Waals surface area contributed by atoms with Gasteiger partial charge in [0.2, 0.25) is 0 Å². The molecule has 2 rings (SSSR count). The third kappa shape index (κ3) is 1.89. The van der Waals surface area contributed by atoms with Crippen LogP contribution in [0.3, 0.4) is 0 Å². The number of hydrogen-bond donors (Lipinski definition) is 0. The van der Waals surface area contributed by atoms with Crippen LogP contribution in [0.1, 0.15) is 5.69 Å². The number of ether oxygens (including phenoxy) is 1.